The minimum absolute atomic E-state index is 0.110. The summed E-state index contributed by atoms with van der Waals surface area (Å²) < 4.78 is 27.9. The lowest BCUT2D eigenvalue weighted by atomic mass is 10.2. The lowest BCUT2D eigenvalue weighted by molar-refractivity contribution is 0.0492. The largest absolute Gasteiger partial charge is 0.541 e. The van der Waals surface area contributed by atoms with Gasteiger partial charge in [-0.05, 0) is 24.2 Å². The van der Waals surface area contributed by atoms with E-state index in [2.05, 4.69) is 33.9 Å². The van der Waals surface area contributed by atoms with E-state index in [1.165, 1.54) is 0 Å². The molecule has 0 fully saturated rings. The van der Waals surface area contributed by atoms with Crippen LogP contribution in [0.25, 0.3) is 11.0 Å². The molecule has 0 N–H and O–H groups in total. The summed E-state index contributed by atoms with van der Waals surface area (Å²) in [4.78, 5) is 0. The van der Waals surface area contributed by atoms with Crippen molar-refractivity contribution in [3.8, 4) is 17.2 Å². The number of methoxy groups -OCH3 is 2. The molecule has 2 aromatic rings. The molecule has 0 saturated carbocycles. The Hall–Kier alpha value is -1.66. The number of furan rings is 1. The number of benzene rings is 1. The van der Waals surface area contributed by atoms with E-state index in [1.54, 1.807) is 26.5 Å². The van der Waals surface area contributed by atoms with Crippen LogP contribution in [0.5, 0.6) is 17.2 Å². The molecule has 2 rings (SSSR count). The number of rotatable bonds is 6. The maximum absolute atomic E-state index is 6.37. The number of ether oxygens (including phenoxy) is 3. The van der Waals surface area contributed by atoms with Gasteiger partial charge in [0.2, 0.25) is 0 Å². The molecule has 0 saturated heterocycles. The first-order valence-corrected chi connectivity index (χ1v) is 10.5. The molecule has 0 radical (unpaired) electrons. The number of hydrogen-bond acceptors (Lipinski definition) is 5. The summed E-state index contributed by atoms with van der Waals surface area (Å²) in [7, 11) is 1.22. The molecule has 128 valence electrons. The van der Waals surface area contributed by atoms with Gasteiger partial charge in [-0.25, -0.2) is 0 Å². The van der Waals surface area contributed by atoms with Crippen LogP contribution in [0.3, 0.4) is 0 Å². The van der Waals surface area contributed by atoms with Crippen LogP contribution in [0.1, 0.15) is 20.8 Å². The Morgan fingerprint density at radius 1 is 1.04 bits per heavy atom. The molecule has 0 amide bonds. The maximum atomic E-state index is 6.37. The van der Waals surface area contributed by atoms with Gasteiger partial charge in [-0.3, -0.25) is 0 Å². The highest BCUT2D eigenvalue weighted by Gasteiger charge is 2.39. The van der Waals surface area contributed by atoms with E-state index in [1.807, 2.05) is 6.07 Å². The van der Waals surface area contributed by atoms with Crippen molar-refractivity contribution in [2.75, 3.05) is 21.0 Å². The van der Waals surface area contributed by atoms with E-state index in [4.69, 9.17) is 23.1 Å². The third kappa shape index (κ3) is 3.64. The van der Waals surface area contributed by atoms with E-state index in [0.717, 1.165) is 11.1 Å². The molecule has 0 spiro atoms. The van der Waals surface area contributed by atoms with Crippen LogP contribution in [0.15, 0.2) is 22.8 Å². The van der Waals surface area contributed by atoms with Gasteiger partial charge in [0.05, 0.1) is 12.5 Å². The van der Waals surface area contributed by atoms with Crippen LogP contribution in [0.4, 0.5) is 0 Å². The first kappa shape index (κ1) is 17.7. The summed E-state index contributed by atoms with van der Waals surface area (Å²) in [5, 5.41) is 0.986. The molecule has 0 atom stereocenters. The second-order valence-electron chi connectivity index (χ2n) is 7.01. The molecule has 5 nitrogen and oxygen atoms in total. The van der Waals surface area contributed by atoms with Crippen molar-refractivity contribution in [3.05, 3.63) is 18.4 Å². The summed E-state index contributed by atoms with van der Waals surface area (Å²) >= 11 is 0. The lowest BCUT2D eigenvalue weighted by Gasteiger charge is -2.36. The first-order valence-electron chi connectivity index (χ1n) is 7.59. The van der Waals surface area contributed by atoms with Gasteiger partial charge in [0.15, 0.2) is 24.0 Å². The Morgan fingerprint density at radius 3 is 2.30 bits per heavy atom. The van der Waals surface area contributed by atoms with Crippen molar-refractivity contribution in [1.29, 1.82) is 0 Å². The average molecular weight is 338 g/mol. The fraction of sp³-hybridized carbons (Fsp3) is 0.529. The van der Waals surface area contributed by atoms with Crippen molar-refractivity contribution in [1.82, 2.24) is 0 Å². The van der Waals surface area contributed by atoms with E-state index in [-0.39, 0.29) is 11.8 Å². The molecular weight excluding hydrogens is 312 g/mol. The van der Waals surface area contributed by atoms with Crippen LogP contribution in [-0.4, -0.2) is 29.3 Å². The number of hydrogen-bond donors (Lipinski definition) is 0. The molecule has 0 aliphatic carbocycles. The Kier molecular flexibility index (Phi) is 4.96. The van der Waals surface area contributed by atoms with Gasteiger partial charge in [-0.2, -0.15) is 0 Å². The van der Waals surface area contributed by atoms with E-state index >= 15 is 0 Å². The van der Waals surface area contributed by atoms with Crippen molar-refractivity contribution in [2.45, 2.75) is 38.9 Å². The zero-order chi connectivity index (χ0) is 17.3. The van der Waals surface area contributed by atoms with Crippen LogP contribution in [0.2, 0.25) is 18.1 Å². The summed E-state index contributed by atoms with van der Waals surface area (Å²) in [6.07, 6.45) is 1.66. The standard InChI is InChI=1S/C17H26O5Si/c1-17(2,3)23(6,7)22-16-10-20-13-9-14(19-5)15(8-12(13)16)21-11-18-4/h8-10H,11H2,1-7H3. The molecule has 1 heterocycles. The normalized spacial score (nSPS) is 12.5. The third-order valence-electron chi connectivity index (χ3n) is 4.33. The zero-order valence-electron chi connectivity index (χ0n) is 15.0. The molecule has 6 heteroatoms. The van der Waals surface area contributed by atoms with Crippen molar-refractivity contribution in [2.24, 2.45) is 0 Å². The Balaban J connectivity index is 2.43. The van der Waals surface area contributed by atoms with E-state index in [9.17, 15) is 0 Å². The molecular formula is C17H26O5Si. The second kappa shape index (κ2) is 6.45. The second-order valence-corrected chi connectivity index (χ2v) is 11.7. The highest BCUT2D eigenvalue weighted by Crippen LogP contribution is 2.42. The fourth-order valence-electron chi connectivity index (χ4n) is 1.91. The van der Waals surface area contributed by atoms with Crippen molar-refractivity contribution < 1.29 is 23.1 Å². The summed E-state index contributed by atoms with van der Waals surface area (Å²) in [6, 6.07) is 3.68. The predicted molar refractivity (Wildman–Crippen MR) is 93.1 cm³/mol. The third-order valence-corrected chi connectivity index (χ3v) is 8.67. The quantitative estimate of drug-likeness (QED) is 0.559. The summed E-state index contributed by atoms with van der Waals surface area (Å²) in [5.74, 6) is 1.95. The van der Waals surface area contributed by atoms with Gasteiger partial charge >= 0.3 is 0 Å². The minimum Gasteiger partial charge on any atom is -0.541 e. The van der Waals surface area contributed by atoms with Gasteiger partial charge < -0.3 is 23.1 Å². The molecule has 0 bridgehead atoms. The predicted octanol–water partition coefficient (Wildman–Crippen LogP) is 4.81. The minimum atomic E-state index is -1.95. The van der Waals surface area contributed by atoms with Gasteiger partial charge in [0, 0.05) is 13.2 Å². The molecule has 1 aromatic carbocycles. The lowest BCUT2D eigenvalue weighted by Crippen LogP contribution is -2.43. The van der Waals surface area contributed by atoms with Gasteiger partial charge in [-0.1, -0.05) is 20.8 Å². The van der Waals surface area contributed by atoms with Crippen LogP contribution in [-0.2, 0) is 4.74 Å². The molecule has 1 aromatic heterocycles. The fourth-order valence-corrected chi connectivity index (χ4v) is 2.93. The smallest absolute Gasteiger partial charge is 0.250 e. The Morgan fingerprint density at radius 2 is 1.74 bits per heavy atom. The Bertz CT molecular complexity index is 669. The molecule has 0 aliphatic rings. The highest BCUT2D eigenvalue weighted by atomic mass is 28.4. The van der Waals surface area contributed by atoms with Crippen LogP contribution < -0.4 is 13.9 Å². The average Bonchev–Trinajstić information content (AvgIpc) is 2.84. The van der Waals surface area contributed by atoms with E-state index in [0.29, 0.717) is 17.1 Å². The van der Waals surface area contributed by atoms with Gasteiger partial charge in [-0.15, -0.1) is 0 Å². The summed E-state index contributed by atoms with van der Waals surface area (Å²) in [5.41, 5.74) is 0.709. The molecule has 0 unspecified atom stereocenters. The van der Waals surface area contributed by atoms with Crippen LogP contribution >= 0.6 is 0 Å². The van der Waals surface area contributed by atoms with Crippen LogP contribution in [0, 0.1) is 0 Å². The summed E-state index contributed by atoms with van der Waals surface area (Å²) in [6.45, 7) is 11.2. The highest BCUT2D eigenvalue weighted by molar-refractivity contribution is 6.74. The van der Waals surface area contributed by atoms with Crippen molar-refractivity contribution in [3.63, 3.8) is 0 Å². The van der Waals surface area contributed by atoms with E-state index < -0.39 is 8.32 Å². The molecule has 0 aliphatic heterocycles. The number of fused-ring (bicyclic) bond motifs is 1. The Labute approximate surface area is 138 Å². The monoisotopic (exact) mass is 338 g/mol. The zero-order valence-corrected chi connectivity index (χ0v) is 16.0. The van der Waals surface area contributed by atoms with Crippen molar-refractivity contribution >= 4 is 19.3 Å². The maximum Gasteiger partial charge on any atom is 0.250 e. The van der Waals surface area contributed by atoms with Gasteiger partial charge in [0.1, 0.15) is 11.8 Å². The first-order chi connectivity index (χ1) is 10.7. The topological polar surface area (TPSA) is 50.1 Å². The van der Waals surface area contributed by atoms with Gasteiger partial charge in [0.25, 0.3) is 8.32 Å². The molecule has 23 heavy (non-hydrogen) atoms. The SMILES string of the molecule is COCOc1cc2c(O[Si](C)(C)C(C)(C)C)coc2cc1OC.